The number of nitriles is 1. The highest BCUT2D eigenvalue weighted by molar-refractivity contribution is 6.32. The highest BCUT2D eigenvalue weighted by Crippen LogP contribution is 2.27. The van der Waals surface area contributed by atoms with Crippen molar-refractivity contribution >= 4 is 17.4 Å². The van der Waals surface area contributed by atoms with Gasteiger partial charge in [0.05, 0.1) is 5.56 Å². The lowest BCUT2D eigenvalue weighted by molar-refractivity contribution is 0.0916. The molecule has 0 radical (unpaired) electrons. The third kappa shape index (κ3) is 3.88. The number of hydrogen-bond donors (Lipinski definition) is 1. The number of ketones is 1. The summed E-state index contributed by atoms with van der Waals surface area (Å²) in [5.74, 6) is -0.599. The summed E-state index contributed by atoms with van der Waals surface area (Å²) in [7, 11) is 0. The molecular formula is C20H19ClN2O4. The highest BCUT2D eigenvalue weighted by atomic mass is 35.5. The highest BCUT2D eigenvalue weighted by Gasteiger charge is 2.24. The van der Waals surface area contributed by atoms with Gasteiger partial charge in [-0.1, -0.05) is 17.7 Å². The van der Waals surface area contributed by atoms with Crippen molar-refractivity contribution in [3.05, 3.63) is 68.0 Å². The van der Waals surface area contributed by atoms with Crippen molar-refractivity contribution in [2.24, 2.45) is 0 Å². The minimum atomic E-state index is -0.672. The maximum atomic E-state index is 12.7. The number of carbonyl (C=O) groups is 1. The Morgan fingerprint density at radius 3 is 2.48 bits per heavy atom. The number of aromatic nitrogens is 1. The summed E-state index contributed by atoms with van der Waals surface area (Å²) in [5.41, 5.74) is 0.756. The van der Waals surface area contributed by atoms with E-state index in [1.807, 2.05) is 13.8 Å². The van der Waals surface area contributed by atoms with Crippen LogP contribution in [-0.4, -0.2) is 22.1 Å². The van der Waals surface area contributed by atoms with Crippen LogP contribution in [0.25, 0.3) is 0 Å². The summed E-state index contributed by atoms with van der Waals surface area (Å²) in [6.07, 6.45) is 1.39. The first kappa shape index (κ1) is 20.3. The maximum Gasteiger partial charge on any atom is 0.271 e. The second kappa shape index (κ2) is 8.11. The van der Waals surface area contributed by atoms with Crippen LogP contribution in [0.2, 0.25) is 5.02 Å². The van der Waals surface area contributed by atoms with Crippen molar-refractivity contribution in [3.8, 4) is 17.7 Å². The zero-order valence-electron chi connectivity index (χ0n) is 15.3. The van der Waals surface area contributed by atoms with Crippen molar-refractivity contribution < 1.29 is 14.6 Å². The zero-order valence-corrected chi connectivity index (χ0v) is 16.1. The van der Waals surface area contributed by atoms with Gasteiger partial charge in [-0.3, -0.25) is 14.2 Å². The zero-order chi connectivity index (χ0) is 20.3. The van der Waals surface area contributed by atoms with Gasteiger partial charge in [0.25, 0.3) is 5.56 Å². The number of allylic oxidation sites excluding steroid dienone is 1. The van der Waals surface area contributed by atoms with E-state index in [2.05, 4.69) is 6.58 Å². The van der Waals surface area contributed by atoms with E-state index < -0.39 is 17.2 Å². The van der Waals surface area contributed by atoms with Gasteiger partial charge in [-0.25, -0.2) is 0 Å². The lowest BCUT2D eigenvalue weighted by Crippen LogP contribution is -2.27. The largest absolute Gasteiger partial charge is 0.494 e. The second-order valence-corrected chi connectivity index (χ2v) is 6.48. The molecule has 0 saturated heterocycles. The topological polar surface area (TPSA) is 92.3 Å². The predicted molar refractivity (Wildman–Crippen MR) is 103 cm³/mol. The first-order valence-electron chi connectivity index (χ1n) is 8.13. The molecule has 0 fully saturated rings. The number of carbonyl (C=O) groups excluding carboxylic acids is 1. The van der Waals surface area contributed by atoms with E-state index in [-0.39, 0.29) is 29.8 Å². The van der Waals surface area contributed by atoms with Crippen LogP contribution in [0.5, 0.6) is 11.6 Å². The van der Waals surface area contributed by atoms with Gasteiger partial charge in [0.2, 0.25) is 11.7 Å². The van der Waals surface area contributed by atoms with Crippen molar-refractivity contribution in [3.63, 3.8) is 0 Å². The standard InChI is InChI=1S/C20H19ClN2O4/c1-5-6-23-19(25)15(9-22)13(4)17(20(23)26)16(24)10-27-14-7-11(2)18(21)12(3)8-14/h5,7-8,26H,1,6,10H2,2-4H3. The summed E-state index contributed by atoms with van der Waals surface area (Å²) >= 11 is 6.12. The Kier molecular flexibility index (Phi) is 6.09. The number of hydrogen-bond acceptors (Lipinski definition) is 5. The molecule has 140 valence electrons. The molecule has 0 aliphatic carbocycles. The van der Waals surface area contributed by atoms with Gasteiger partial charge in [0.15, 0.2) is 6.61 Å². The Morgan fingerprint density at radius 1 is 1.37 bits per heavy atom. The number of aryl methyl sites for hydroxylation is 2. The number of Topliss-reactive ketones (excluding diaryl/α,β-unsaturated/α-hetero) is 1. The number of pyridine rings is 1. The number of rotatable bonds is 6. The van der Waals surface area contributed by atoms with Crippen LogP contribution in [-0.2, 0) is 6.54 Å². The maximum absolute atomic E-state index is 12.7. The molecular weight excluding hydrogens is 368 g/mol. The van der Waals surface area contributed by atoms with Crippen LogP contribution in [0.15, 0.2) is 29.6 Å². The van der Waals surface area contributed by atoms with Crippen LogP contribution in [0.1, 0.15) is 32.6 Å². The van der Waals surface area contributed by atoms with Crippen molar-refractivity contribution in [1.82, 2.24) is 4.57 Å². The van der Waals surface area contributed by atoms with Gasteiger partial charge in [-0.2, -0.15) is 5.26 Å². The average Bonchev–Trinajstić information content (AvgIpc) is 2.61. The van der Waals surface area contributed by atoms with Crippen molar-refractivity contribution in [2.75, 3.05) is 6.61 Å². The number of benzene rings is 1. The third-order valence-corrected chi connectivity index (χ3v) is 4.77. The molecule has 0 aliphatic rings. The summed E-state index contributed by atoms with van der Waals surface area (Å²) in [5, 5.41) is 20.3. The molecule has 27 heavy (non-hydrogen) atoms. The first-order valence-corrected chi connectivity index (χ1v) is 8.50. The molecule has 7 heteroatoms. The van der Waals surface area contributed by atoms with Crippen molar-refractivity contribution in [1.29, 1.82) is 5.26 Å². The van der Waals surface area contributed by atoms with Gasteiger partial charge in [0, 0.05) is 11.6 Å². The van der Waals surface area contributed by atoms with Gasteiger partial charge in [0.1, 0.15) is 17.4 Å². The lowest BCUT2D eigenvalue weighted by Gasteiger charge is -2.15. The number of ether oxygens (including phenoxy) is 1. The molecule has 0 unspecified atom stereocenters. The predicted octanol–water partition coefficient (Wildman–Crippen LogP) is 3.45. The van der Waals surface area contributed by atoms with E-state index in [1.54, 1.807) is 18.2 Å². The van der Waals surface area contributed by atoms with Gasteiger partial charge < -0.3 is 9.84 Å². The molecule has 0 aliphatic heterocycles. The SMILES string of the molecule is C=CCn1c(O)c(C(=O)COc2cc(C)c(Cl)c(C)c2)c(C)c(C#N)c1=O. The summed E-state index contributed by atoms with van der Waals surface area (Å²) < 4.78 is 6.48. The number of aromatic hydroxyl groups is 1. The second-order valence-electron chi connectivity index (χ2n) is 6.10. The van der Waals surface area contributed by atoms with E-state index >= 15 is 0 Å². The fraction of sp³-hybridized carbons (Fsp3) is 0.250. The van der Waals surface area contributed by atoms with Crippen LogP contribution in [0.4, 0.5) is 0 Å². The molecule has 1 aromatic heterocycles. The quantitative estimate of drug-likeness (QED) is 0.606. The van der Waals surface area contributed by atoms with Crippen LogP contribution < -0.4 is 10.3 Å². The Balaban J connectivity index is 2.42. The van der Waals surface area contributed by atoms with Crippen LogP contribution in [0, 0.1) is 32.1 Å². The number of halogens is 1. The van der Waals surface area contributed by atoms with Gasteiger partial charge in [-0.05, 0) is 49.6 Å². The Hall–Kier alpha value is -3.04. The monoisotopic (exact) mass is 386 g/mol. The average molecular weight is 387 g/mol. The molecule has 0 spiro atoms. The fourth-order valence-corrected chi connectivity index (χ4v) is 2.90. The summed E-state index contributed by atoms with van der Waals surface area (Å²) in [4.78, 5) is 24.9. The van der Waals surface area contributed by atoms with Crippen molar-refractivity contribution in [2.45, 2.75) is 27.3 Å². The molecule has 6 nitrogen and oxygen atoms in total. The Morgan fingerprint density at radius 2 is 1.96 bits per heavy atom. The third-order valence-electron chi connectivity index (χ3n) is 4.17. The van der Waals surface area contributed by atoms with Gasteiger partial charge in [-0.15, -0.1) is 6.58 Å². The lowest BCUT2D eigenvalue weighted by atomic mass is 10.0. The van der Waals surface area contributed by atoms with E-state index in [0.29, 0.717) is 10.8 Å². The van der Waals surface area contributed by atoms with E-state index in [9.17, 15) is 20.0 Å². The first-order chi connectivity index (χ1) is 12.7. The molecule has 0 atom stereocenters. The summed E-state index contributed by atoms with van der Waals surface area (Å²) in [6.45, 7) is 8.21. The molecule has 1 aromatic carbocycles. The van der Waals surface area contributed by atoms with E-state index in [0.717, 1.165) is 15.7 Å². The normalized spacial score (nSPS) is 10.3. The number of nitrogens with zero attached hydrogens (tertiary/aromatic N) is 2. The fourth-order valence-electron chi connectivity index (χ4n) is 2.79. The molecule has 2 aromatic rings. The molecule has 1 N–H and O–H groups in total. The molecule has 2 rings (SSSR count). The van der Waals surface area contributed by atoms with E-state index in [4.69, 9.17) is 16.3 Å². The Labute approximate surface area is 161 Å². The van der Waals surface area contributed by atoms with Crippen LogP contribution >= 0.6 is 11.6 Å². The van der Waals surface area contributed by atoms with E-state index in [1.165, 1.54) is 13.0 Å². The summed E-state index contributed by atoms with van der Waals surface area (Å²) in [6, 6.07) is 5.20. The Bertz CT molecular complexity index is 1010. The minimum absolute atomic E-state index is 0.0314. The minimum Gasteiger partial charge on any atom is -0.494 e. The molecule has 1 heterocycles. The van der Waals surface area contributed by atoms with Crippen LogP contribution in [0.3, 0.4) is 0 Å². The molecule has 0 bridgehead atoms. The van der Waals surface area contributed by atoms with Gasteiger partial charge >= 0.3 is 0 Å². The molecule has 0 saturated carbocycles. The smallest absolute Gasteiger partial charge is 0.271 e. The molecule has 0 amide bonds.